The van der Waals surface area contributed by atoms with Gasteiger partial charge >= 0.3 is 5.97 Å². The number of methoxy groups -OCH3 is 1. The maximum absolute atomic E-state index is 12.5. The van der Waals surface area contributed by atoms with Crippen molar-refractivity contribution < 1.29 is 19.1 Å². The molecule has 1 aliphatic heterocycles. The lowest BCUT2D eigenvalue weighted by molar-refractivity contribution is -0.160. The van der Waals surface area contributed by atoms with Crippen molar-refractivity contribution in [2.24, 2.45) is 0 Å². The van der Waals surface area contributed by atoms with Crippen molar-refractivity contribution in [3.8, 4) is 5.75 Å². The average Bonchev–Trinajstić information content (AvgIpc) is 2.58. The largest absolute Gasteiger partial charge is 0.497 e. The molecule has 3 rings (SSSR count). The molecule has 0 N–H and O–H groups in total. The van der Waals surface area contributed by atoms with E-state index < -0.39 is 18.1 Å². The van der Waals surface area contributed by atoms with Gasteiger partial charge in [0.15, 0.2) is 0 Å². The number of hydrogen-bond donors (Lipinski definition) is 0. The number of carbonyl (C=O) groups excluding carboxylic acids is 2. The minimum Gasteiger partial charge on any atom is -0.497 e. The number of amides is 1. The molecular weight excluding hydrogens is 330 g/mol. The zero-order chi connectivity index (χ0) is 17.3. The molecule has 24 heavy (non-hydrogen) atoms. The average molecular weight is 346 g/mol. The number of rotatable bonds is 4. The molecule has 2 aromatic rings. The number of ether oxygens (including phenoxy) is 2. The van der Waals surface area contributed by atoms with Crippen molar-refractivity contribution in [1.29, 1.82) is 0 Å². The highest BCUT2D eigenvalue weighted by molar-refractivity contribution is 6.31. The molecule has 1 amide bonds. The first-order valence-corrected chi connectivity index (χ1v) is 7.79. The van der Waals surface area contributed by atoms with E-state index in [0.717, 1.165) is 5.56 Å². The number of β-lactam (4-membered cyclic amide) rings is 1. The Morgan fingerprint density at radius 3 is 2.38 bits per heavy atom. The summed E-state index contributed by atoms with van der Waals surface area (Å²) in [5.41, 5.74) is 1.43. The van der Waals surface area contributed by atoms with Gasteiger partial charge in [-0.05, 0) is 35.9 Å². The van der Waals surface area contributed by atoms with E-state index in [1.54, 1.807) is 42.3 Å². The van der Waals surface area contributed by atoms with Crippen LogP contribution in [0.1, 0.15) is 18.5 Å². The molecule has 0 aliphatic carbocycles. The highest BCUT2D eigenvalue weighted by Crippen LogP contribution is 2.43. The van der Waals surface area contributed by atoms with E-state index in [1.165, 1.54) is 6.92 Å². The fourth-order valence-corrected chi connectivity index (χ4v) is 3.05. The molecular formula is C18H16ClNO4. The zero-order valence-corrected chi connectivity index (χ0v) is 14.0. The highest BCUT2D eigenvalue weighted by atomic mass is 35.5. The van der Waals surface area contributed by atoms with Crippen molar-refractivity contribution in [2.45, 2.75) is 19.1 Å². The molecule has 1 fully saturated rings. The third-order valence-corrected chi connectivity index (χ3v) is 4.26. The molecule has 0 spiro atoms. The van der Waals surface area contributed by atoms with Gasteiger partial charge in [0.25, 0.3) is 5.91 Å². The van der Waals surface area contributed by atoms with Crippen LogP contribution < -0.4 is 9.64 Å². The fourth-order valence-electron chi connectivity index (χ4n) is 2.80. The number of hydrogen-bond acceptors (Lipinski definition) is 4. The van der Waals surface area contributed by atoms with Gasteiger partial charge in [0.05, 0.1) is 7.11 Å². The summed E-state index contributed by atoms with van der Waals surface area (Å²) >= 11 is 6.28. The van der Waals surface area contributed by atoms with E-state index in [9.17, 15) is 9.59 Å². The summed E-state index contributed by atoms with van der Waals surface area (Å²) in [7, 11) is 1.58. The van der Waals surface area contributed by atoms with Gasteiger partial charge in [-0.25, -0.2) is 0 Å². The van der Waals surface area contributed by atoms with E-state index in [4.69, 9.17) is 21.1 Å². The lowest BCUT2D eigenvalue weighted by Crippen LogP contribution is -2.60. The molecule has 0 radical (unpaired) electrons. The van der Waals surface area contributed by atoms with Crippen LogP contribution in [0.25, 0.3) is 0 Å². The number of halogens is 1. The normalized spacial score (nSPS) is 19.6. The van der Waals surface area contributed by atoms with E-state index in [0.29, 0.717) is 16.5 Å². The fraction of sp³-hybridized carbons (Fsp3) is 0.222. The van der Waals surface area contributed by atoms with Crippen molar-refractivity contribution in [3.63, 3.8) is 0 Å². The monoisotopic (exact) mass is 345 g/mol. The smallest absolute Gasteiger partial charge is 0.303 e. The summed E-state index contributed by atoms with van der Waals surface area (Å²) < 4.78 is 10.3. The third-order valence-electron chi connectivity index (χ3n) is 3.91. The molecule has 124 valence electrons. The van der Waals surface area contributed by atoms with Gasteiger partial charge in [-0.2, -0.15) is 0 Å². The second kappa shape index (κ2) is 6.53. The Balaban J connectivity index is 1.99. The van der Waals surface area contributed by atoms with E-state index in [1.807, 2.05) is 18.2 Å². The standard InChI is InChI=1S/C18H16ClNO4/c1-11(21)24-17-16(14-5-3-4-6-15(14)19)20(18(17)22)12-7-9-13(23-2)10-8-12/h3-10,16-17H,1-2H3/t16-,17+/m0/s1. The molecule has 0 aromatic heterocycles. The molecule has 1 saturated heterocycles. The van der Waals surface area contributed by atoms with Crippen LogP contribution in [0.2, 0.25) is 5.02 Å². The summed E-state index contributed by atoms with van der Waals surface area (Å²) in [6.45, 7) is 1.28. The van der Waals surface area contributed by atoms with Crippen LogP contribution in [0.3, 0.4) is 0 Å². The SMILES string of the molecule is COc1ccc(N2C(=O)[C@H](OC(C)=O)[C@@H]2c2ccccc2Cl)cc1. The predicted octanol–water partition coefficient (Wildman–Crippen LogP) is 3.37. The van der Waals surface area contributed by atoms with Crippen LogP contribution in [-0.4, -0.2) is 25.1 Å². The third kappa shape index (κ3) is 2.83. The number of carbonyl (C=O) groups is 2. The quantitative estimate of drug-likeness (QED) is 0.629. The van der Waals surface area contributed by atoms with Crippen LogP contribution >= 0.6 is 11.6 Å². The number of nitrogens with zero attached hydrogens (tertiary/aromatic N) is 1. The lowest BCUT2D eigenvalue weighted by atomic mass is 9.89. The molecule has 6 heteroatoms. The Morgan fingerprint density at radius 1 is 1.12 bits per heavy atom. The number of anilines is 1. The first-order chi connectivity index (χ1) is 11.5. The predicted molar refractivity (Wildman–Crippen MR) is 90.2 cm³/mol. The van der Waals surface area contributed by atoms with Crippen LogP contribution in [0, 0.1) is 0 Å². The minimum absolute atomic E-state index is 0.278. The van der Waals surface area contributed by atoms with Crippen molar-refractivity contribution >= 4 is 29.2 Å². The molecule has 2 aromatic carbocycles. The number of esters is 1. The summed E-state index contributed by atoms with van der Waals surface area (Å²) in [6, 6.07) is 13.9. The molecule has 0 saturated carbocycles. The van der Waals surface area contributed by atoms with Gasteiger partial charge in [0, 0.05) is 17.6 Å². The van der Waals surface area contributed by atoms with Gasteiger partial charge in [-0.3, -0.25) is 14.5 Å². The second-order valence-electron chi connectivity index (χ2n) is 5.40. The van der Waals surface area contributed by atoms with Gasteiger partial charge in [-0.15, -0.1) is 0 Å². The Hall–Kier alpha value is -2.53. The molecule has 2 atom stereocenters. The Labute approximate surface area is 144 Å². The van der Waals surface area contributed by atoms with Crippen LogP contribution in [0.4, 0.5) is 5.69 Å². The van der Waals surface area contributed by atoms with Crippen molar-refractivity contribution in [2.75, 3.05) is 12.0 Å². The van der Waals surface area contributed by atoms with Gasteiger partial charge in [0.2, 0.25) is 6.10 Å². The number of benzene rings is 2. The van der Waals surface area contributed by atoms with Gasteiger partial charge in [-0.1, -0.05) is 29.8 Å². The summed E-state index contributed by atoms with van der Waals surface area (Å²) in [4.78, 5) is 25.4. The maximum atomic E-state index is 12.5. The Bertz CT molecular complexity index is 775. The zero-order valence-electron chi connectivity index (χ0n) is 13.2. The molecule has 1 heterocycles. The summed E-state index contributed by atoms with van der Waals surface area (Å²) in [6.07, 6.45) is -0.871. The summed E-state index contributed by atoms with van der Waals surface area (Å²) in [5.74, 6) is -0.0855. The molecule has 5 nitrogen and oxygen atoms in total. The van der Waals surface area contributed by atoms with Crippen LogP contribution in [-0.2, 0) is 14.3 Å². The Kier molecular flexibility index (Phi) is 4.44. The summed E-state index contributed by atoms with van der Waals surface area (Å²) in [5, 5.41) is 0.519. The topological polar surface area (TPSA) is 55.8 Å². The molecule has 0 bridgehead atoms. The lowest BCUT2D eigenvalue weighted by Gasteiger charge is -2.46. The Morgan fingerprint density at radius 2 is 1.79 bits per heavy atom. The highest BCUT2D eigenvalue weighted by Gasteiger charge is 2.52. The van der Waals surface area contributed by atoms with Gasteiger partial charge < -0.3 is 9.47 Å². The van der Waals surface area contributed by atoms with Crippen LogP contribution in [0.15, 0.2) is 48.5 Å². The van der Waals surface area contributed by atoms with E-state index in [-0.39, 0.29) is 5.91 Å². The minimum atomic E-state index is -0.871. The second-order valence-corrected chi connectivity index (χ2v) is 5.81. The first-order valence-electron chi connectivity index (χ1n) is 7.41. The van der Waals surface area contributed by atoms with Crippen molar-refractivity contribution in [1.82, 2.24) is 0 Å². The van der Waals surface area contributed by atoms with Crippen LogP contribution in [0.5, 0.6) is 5.75 Å². The van der Waals surface area contributed by atoms with E-state index >= 15 is 0 Å². The first kappa shape index (κ1) is 16.3. The van der Waals surface area contributed by atoms with Crippen molar-refractivity contribution in [3.05, 3.63) is 59.1 Å². The van der Waals surface area contributed by atoms with E-state index in [2.05, 4.69) is 0 Å². The molecule has 1 aliphatic rings. The maximum Gasteiger partial charge on any atom is 0.303 e. The van der Waals surface area contributed by atoms with Gasteiger partial charge in [0.1, 0.15) is 11.8 Å². The molecule has 0 unspecified atom stereocenters.